The van der Waals surface area contributed by atoms with Crippen LogP contribution in [0.1, 0.15) is 5.56 Å². The van der Waals surface area contributed by atoms with Crippen LogP contribution in [0.15, 0.2) is 71.0 Å². The summed E-state index contributed by atoms with van der Waals surface area (Å²) in [6.07, 6.45) is -0.341. The van der Waals surface area contributed by atoms with Gasteiger partial charge in [-0.15, -0.1) is 0 Å². The van der Waals surface area contributed by atoms with Crippen LogP contribution in [-0.2, 0) is 4.74 Å². The summed E-state index contributed by atoms with van der Waals surface area (Å²) in [5, 5.41) is 2.04. The van der Waals surface area contributed by atoms with Crippen LogP contribution in [-0.4, -0.2) is 31.7 Å². The number of hydrogen-bond donors (Lipinski definition) is 0. The molecular weight excluding hydrogens is 294 g/mol. The number of carbonyl (C=O) groups excluding carboxylic acids is 1. The van der Waals surface area contributed by atoms with Crippen LogP contribution < -0.4 is 0 Å². The molecule has 2 aromatic rings. The topological polar surface area (TPSA) is 29.5 Å². The van der Waals surface area contributed by atoms with Gasteiger partial charge in [-0.25, -0.2) is 4.79 Å². The quantitative estimate of drug-likeness (QED) is 0.760. The lowest BCUT2D eigenvalue weighted by Crippen LogP contribution is -2.23. The molecule has 2 aromatic carbocycles. The van der Waals surface area contributed by atoms with Crippen molar-refractivity contribution in [2.24, 2.45) is 0 Å². The van der Waals surface area contributed by atoms with Gasteiger partial charge in [0.15, 0.2) is 0 Å². The second-order valence-corrected chi connectivity index (χ2v) is 5.83. The fraction of sp³-hybridized carbons (Fsp3) is 0.167. The molecule has 2 rings (SSSR count). The Hall–Kier alpha value is -2.20. The molecule has 3 nitrogen and oxygen atoms in total. The van der Waals surface area contributed by atoms with E-state index in [1.54, 1.807) is 25.9 Å². The third-order valence-corrected chi connectivity index (χ3v) is 3.89. The van der Waals surface area contributed by atoms with Crippen molar-refractivity contribution in [2.45, 2.75) is 4.90 Å². The Kier molecular flexibility index (Phi) is 6.10. The molecule has 0 unspecified atom stereocenters. The lowest BCUT2D eigenvalue weighted by Gasteiger charge is -2.13. The highest BCUT2D eigenvalue weighted by Gasteiger charge is 2.08. The molecule has 0 aliphatic carbocycles. The van der Waals surface area contributed by atoms with E-state index in [2.05, 4.69) is 12.1 Å². The summed E-state index contributed by atoms with van der Waals surface area (Å²) in [6.45, 7) is 0.251. The third kappa shape index (κ3) is 4.97. The molecule has 0 atom stereocenters. The van der Waals surface area contributed by atoms with E-state index in [0.717, 1.165) is 16.0 Å². The Morgan fingerprint density at radius 1 is 1.05 bits per heavy atom. The van der Waals surface area contributed by atoms with Gasteiger partial charge in [-0.3, -0.25) is 0 Å². The molecule has 0 aromatic heterocycles. The highest BCUT2D eigenvalue weighted by molar-refractivity contribution is 8.02. The predicted octanol–water partition coefficient (Wildman–Crippen LogP) is 4.52. The average molecular weight is 313 g/mol. The first-order valence-electron chi connectivity index (χ1n) is 6.97. The number of ether oxygens (including phenoxy) is 1. The first-order valence-corrected chi connectivity index (χ1v) is 7.85. The molecular formula is C18H19NO2S. The molecule has 0 radical (unpaired) electrons. The fourth-order valence-corrected chi connectivity index (χ4v) is 2.54. The van der Waals surface area contributed by atoms with Crippen LogP contribution in [0.5, 0.6) is 0 Å². The van der Waals surface area contributed by atoms with Crippen molar-refractivity contribution in [1.29, 1.82) is 0 Å². The Balaban J connectivity index is 2.13. The van der Waals surface area contributed by atoms with Gasteiger partial charge in [-0.05, 0) is 23.1 Å². The Labute approximate surface area is 135 Å². The van der Waals surface area contributed by atoms with E-state index in [-0.39, 0.29) is 12.7 Å². The summed E-state index contributed by atoms with van der Waals surface area (Å²) in [5.41, 5.74) is 2.03. The average Bonchev–Trinajstić information content (AvgIpc) is 2.56. The number of thioether (sulfide) groups is 1. The zero-order valence-corrected chi connectivity index (χ0v) is 13.5. The SMILES string of the molecule is CN(C)C(=O)OC/C(=C/Sc1ccccc1)c1ccccc1. The summed E-state index contributed by atoms with van der Waals surface area (Å²) in [7, 11) is 3.35. The molecule has 22 heavy (non-hydrogen) atoms. The van der Waals surface area contributed by atoms with Crippen molar-refractivity contribution in [2.75, 3.05) is 20.7 Å². The molecule has 0 bridgehead atoms. The second-order valence-electron chi connectivity index (χ2n) is 4.89. The van der Waals surface area contributed by atoms with Crippen molar-refractivity contribution in [3.05, 3.63) is 71.6 Å². The number of nitrogens with zero attached hydrogens (tertiary/aromatic N) is 1. The first kappa shape index (κ1) is 16.2. The molecule has 0 saturated carbocycles. The number of amides is 1. The Morgan fingerprint density at radius 3 is 2.23 bits per heavy atom. The molecule has 0 fully saturated rings. The van der Waals surface area contributed by atoms with Gasteiger partial charge in [0, 0.05) is 24.6 Å². The van der Waals surface area contributed by atoms with Crippen molar-refractivity contribution in [3.63, 3.8) is 0 Å². The lowest BCUT2D eigenvalue weighted by atomic mass is 10.1. The van der Waals surface area contributed by atoms with E-state index in [1.165, 1.54) is 4.90 Å². The maximum absolute atomic E-state index is 11.6. The minimum Gasteiger partial charge on any atom is -0.445 e. The van der Waals surface area contributed by atoms with Crippen molar-refractivity contribution in [1.82, 2.24) is 4.90 Å². The maximum atomic E-state index is 11.6. The molecule has 4 heteroatoms. The van der Waals surface area contributed by atoms with Gasteiger partial charge < -0.3 is 9.64 Å². The second kappa shape index (κ2) is 8.29. The largest absolute Gasteiger partial charge is 0.445 e. The summed E-state index contributed by atoms with van der Waals surface area (Å²) < 4.78 is 5.31. The minimum atomic E-state index is -0.341. The minimum absolute atomic E-state index is 0.251. The summed E-state index contributed by atoms with van der Waals surface area (Å²) in [5.74, 6) is 0. The molecule has 0 aliphatic heterocycles. The molecule has 0 saturated heterocycles. The highest BCUT2D eigenvalue weighted by atomic mass is 32.2. The number of hydrogen-bond acceptors (Lipinski definition) is 3. The highest BCUT2D eigenvalue weighted by Crippen LogP contribution is 2.25. The Bertz CT molecular complexity index is 624. The van der Waals surface area contributed by atoms with E-state index >= 15 is 0 Å². The summed E-state index contributed by atoms with van der Waals surface area (Å²) in [4.78, 5) is 14.2. The number of carbonyl (C=O) groups is 1. The van der Waals surface area contributed by atoms with Crippen LogP contribution in [0.2, 0.25) is 0 Å². The van der Waals surface area contributed by atoms with Gasteiger partial charge in [-0.2, -0.15) is 0 Å². The van der Waals surface area contributed by atoms with E-state index in [0.29, 0.717) is 0 Å². The van der Waals surface area contributed by atoms with Gasteiger partial charge in [-0.1, -0.05) is 60.3 Å². The van der Waals surface area contributed by atoms with Gasteiger partial charge in [0.05, 0.1) is 0 Å². The predicted molar refractivity (Wildman–Crippen MR) is 91.8 cm³/mol. The monoisotopic (exact) mass is 313 g/mol. The molecule has 114 valence electrons. The van der Waals surface area contributed by atoms with Gasteiger partial charge >= 0.3 is 6.09 Å². The molecule has 0 aliphatic rings. The van der Waals surface area contributed by atoms with Crippen LogP contribution in [0.3, 0.4) is 0 Å². The molecule has 0 N–H and O–H groups in total. The van der Waals surface area contributed by atoms with Crippen LogP contribution in [0.25, 0.3) is 5.57 Å². The molecule has 0 spiro atoms. The summed E-state index contributed by atoms with van der Waals surface area (Å²) in [6, 6.07) is 20.1. The van der Waals surface area contributed by atoms with E-state index < -0.39 is 0 Å². The van der Waals surface area contributed by atoms with Crippen molar-refractivity contribution < 1.29 is 9.53 Å². The third-order valence-electron chi connectivity index (χ3n) is 2.94. The normalized spacial score (nSPS) is 11.1. The standard InChI is InChI=1S/C18H19NO2S/c1-19(2)18(20)21-13-16(15-9-5-3-6-10-15)14-22-17-11-7-4-8-12-17/h3-12,14H,13H2,1-2H3/b16-14-. The molecule has 1 amide bonds. The zero-order chi connectivity index (χ0) is 15.8. The van der Waals surface area contributed by atoms with Gasteiger partial charge in [0.25, 0.3) is 0 Å². The maximum Gasteiger partial charge on any atom is 0.409 e. The van der Waals surface area contributed by atoms with Gasteiger partial charge in [0.2, 0.25) is 0 Å². The lowest BCUT2D eigenvalue weighted by molar-refractivity contribution is 0.131. The first-order chi connectivity index (χ1) is 10.7. The fourth-order valence-electron chi connectivity index (χ4n) is 1.74. The summed E-state index contributed by atoms with van der Waals surface area (Å²) >= 11 is 1.62. The van der Waals surface area contributed by atoms with Crippen LogP contribution in [0, 0.1) is 0 Å². The van der Waals surface area contributed by atoms with Crippen LogP contribution in [0.4, 0.5) is 4.79 Å². The van der Waals surface area contributed by atoms with E-state index in [4.69, 9.17) is 4.74 Å². The van der Waals surface area contributed by atoms with Crippen molar-refractivity contribution >= 4 is 23.4 Å². The smallest absolute Gasteiger partial charge is 0.409 e. The van der Waals surface area contributed by atoms with E-state index in [1.807, 2.05) is 53.9 Å². The molecule has 0 heterocycles. The number of benzene rings is 2. The Morgan fingerprint density at radius 2 is 1.64 bits per heavy atom. The zero-order valence-electron chi connectivity index (χ0n) is 12.7. The van der Waals surface area contributed by atoms with E-state index in [9.17, 15) is 4.79 Å². The van der Waals surface area contributed by atoms with Crippen LogP contribution >= 0.6 is 11.8 Å². The van der Waals surface area contributed by atoms with Crippen molar-refractivity contribution in [3.8, 4) is 0 Å². The number of rotatable bonds is 5. The van der Waals surface area contributed by atoms with Gasteiger partial charge in [0.1, 0.15) is 6.61 Å².